The minimum atomic E-state index is 0.0375. The molecule has 0 radical (unpaired) electrons. The van der Waals surface area contributed by atoms with E-state index in [2.05, 4.69) is 45.1 Å². The average Bonchev–Trinajstić information content (AvgIpc) is 3.48. The number of amides is 2. The van der Waals surface area contributed by atoms with E-state index in [0.29, 0.717) is 31.1 Å². The normalized spacial score (nSPS) is 20.2. The van der Waals surface area contributed by atoms with Gasteiger partial charge in [0, 0.05) is 94.9 Å². The molecule has 3 fully saturated rings. The van der Waals surface area contributed by atoms with Gasteiger partial charge in [-0.1, -0.05) is 24.3 Å². The molecule has 0 bridgehead atoms. The van der Waals surface area contributed by atoms with E-state index >= 15 is 0 Å². The molecule has 8 nitrogen and oxygen atoms in total. The number of ether oxygens (including phenoxy) is 1. The third-order valence-corrected chi connectivity index (χ3v) is 8.69. The molecule has 6 rings (SSSR count). The number of carbonyl (C=O) groups excluding carboxylic acids is 2. The Kier molecular flexibility index (Phi) is 9.11. The van der Waals surface area contributed by atoms with Crippen molar-refractivity contribution in [2.75, 3.05) is 57.3 Å². The first kappa shape index (κ1) is 28.4. The third kappa shape index (κ3) is 7.17. The molecule has 2 aromatic carbocycles. The molecule has 220 valence electrons. The monoisotopic (exact) mass is 567 g/mol. The lowest BCUT2D eigenvalue weighted by Crippen LogP contribution is -2.45. The number of rotatable bonds is 9. The fourth-order valence-electron chi connectivity index (χ4n) is 6.31. The van der Waals surface area contributed by atoms with Crippen molar-refractivity contribution in [1.82, 2.24) is 19.7 Å². The number of likely N-dealkylation sites (tertiary alicyclic amines) is 1. The summed E-state index contributed by atoms with van der Waals surface area (Å²) in [5.41, 5.74) is 4.05. The van der Waals surface area contributed by atoms with E-state index in [1.807, 2.05) is 47.6 Å². The maximum atomic E-state index is 13.3. The average molecular weight is 568 g/mol. The fraction of sp³-hybridized carbons (Fsp3) is 0.441. The molecule has 3 aliphatic rings. The van der Waals surface area contributed by atoms with Crippen LogP contribution in [0.5, 0.6) is 5.75 Å². The van der Waals surface area contributed by atoms with Crippen molar-refractivity contribution in [3.05, 3.63) is 89.7 Å². The predicted octanol–water partition coefficient (Wildman–Crippen LogP) is 4.46. The Morgan fingerprint density at radius 1 is 0.857 bits per heavy atom. The van der Waals surface area contributed by atoms with Crippen molar-refractivity contribution in [3.63, 3.8) is 0 Å². The smallest absolute Gasteiger partial charge is 0.253 e. The fourth-order valence-corrected chi connectivity index (χ4v) is 6.31. The number of aromatic nitrogens is 1. The highest BCUT2D eigenvalue weighted by atomic mass is 16.5. The summed E-state index contributed by atoms with van der Waals surface area (Å²) in [7, 11) is 0. The van der Waals surface area contributed by atoms with Gasteiger partial charge in [-0.05, 0) is 66.8 Å². The molecule has 3 aromatic rings. The topological polar surface area (TPSA) is 69.2 Å². The van der Waals surface area contributed by atoms with Crippen molar-refractivity contribution in [1.29, 1.82) is 0 Å². The molecular weight excluding hydrogens is 526 g/mol. The molecule has 4 heterocycles. The van der Waals surface area contributed by atoms with Crippen LogP contribution in [-0.2, 0) is 17.9 Å². The second-order valence-corrected chi connectivity index (χ2v) is 11.8. The van der Waals surface area contributed by atoms with Gasteiger partial charge in [0.05, 0.1) is 6.61 Å². The number of hydrogen-bond acceptors (Lipinski definition) is 6. The van der Waals surface area contributed by atoms with Gasteiger partial charge in [-0.2, -0.15) is 0 Å². The zero-order valence-electron chi connectivity index (χ0n) is 24.4. The van der Waals surface area contributed by atoms with Crippen LogP contribution in [0.25, 0.3) is 0 Å². The Morgan fingerprint density at radius 3 is 2.36 bits per heavy atom. The van der Waals surface area contributed by atoms with E-state index in [1.54, 1.807) is 4.90 Å². The van der Waals surface area contributed by atoms with Crippen LogP contribution in [0.2, 0.25) is 0 Å². The number of benzene rings is 2. The van der Waals surface area contributed by atoms with Crippen LogP contribution >= 0.6 is 0 Å². The maximum absolute atomic E-state index is 13.3. The number of hydrogen-bond donors (Lipinski definition) is 0. The highest BCUT2D eigenvalue weighted by Crippen LogP contribution is 2.25. The number of piperidine rings is 1. The first-order valence-corrected chi connectivity index (χ1v) is 15.4. The summed E-state index contributed by atoms with van der Waals surface area (Å²) in [6.45, 7) is 8.97. The Balaban J connectivity index is 0.949. The van der Waals surface area contributed by atoms with Crippen LogP contribution in [0.4, 0.5) is 5.69 Å². The Hall–Kier alpha value is -3.75. The van der Waals surface area contributed by atoms with E-state index in [-0.39, 0.29) is 11.8 Å². The van der Waals surface area contributed by atoms with Crippen LogP contribution in [0.3, 0.4) is 0 Å². The van der Waals surface area contributed by atoms with Gasteiger partial charge in [-0.25, -0.2) is 0 Å². The summed E-state index contributed by atoms with van der Waals surface area (Å²) in [4.78, 5) is 38.5. The number of piperazine rings is 1. The molecule has 3 saturated heterocycles. The number of anilines is 1. The van der Waals surface area contributed by atoms with Gasteiger partial charge in [0.25, 0.3) is 5.91 Å². The summed E-state index contributed by atoms with van der Waals surface area (Å²) < 4.78 is 6.19. The lowest BCUT2D eigenvalue weighted by Gasteiger charge is -2.34. The van der Waals surface area contributed by atoms with Crippen LogP contribution in [0, 0.1) is 5.92 Å². The minimum absolute atomic E-state index is 0.0375. The summed E-state index contributed by atoms with van der Waals surface area (Å²) in [6.07, 6.45) is 7.26. The van der Waals surface area contributed by atoms with Crippen LogP contribution in [-0.4, -0.2) is 83.9 Å². The van der Waals surface area contributed by atoms with E-state index in [0.717, 1.165) is 83.1 Å². The van der Waals surface area contributed by atoms with Gasteiger partial charge in [-0.3, -0.25) is 24.4 Å². The first-order chi connectivity index (χ1) is 20.6. The van der Waals surface area contributed by atoms with Gasteiger partial charge in [0.15, 0.2) is 0 Å². The van der Waals surface area contributed by atoms with E-state index in [4.69, 9.17) is 4.74 Å². The van der Waals surface area contributed by atoms with Crippen molar-refractivity contribution in [3.8, 4) is 5.75 Å². The van der Waals surface area contributed by atoms with E-state index in [9.17, 15) is 9.59 Å². The second-order valence-electron chi connectivity index (χ2n) is 11.8. The molecule has 42 heavy (non-hydrogen) atoms. The number of carbonyl (C=O) groups is 2. The summed E-state index contributed by atoms with van der Waals surface area (Å²) >= 11 is 0. The highest BCUT2D eigenvalue weighted by molar-refractivity contribution is 5.99. The van der Waals surface area contributed by atoms with Crippen LogP contribution in [0.15, 0.2) is 73.1 Å². The Bertz CT molecular complexity index is 1340. The van der Waals surface area contributed by atoms with Gasteiger partial charge in [-0.15, -0.1) is 0 Å². The van der Waals surface area contributed by atoms with E-state index in [1.165, 1.54) is 11.1 Å². The van der Waals surface area contributed by atoms with E-state index < -0.39 is 0 Å². The van der Waals surface area contributed by atoms with Crippen molar-refractivity contribution < 1.29 is 14.3 Å². The molecule has 0 aliphatic carbocycles. The summed E-state index contributed by atoms with van der Waals surface area (Å²) in [5, 5.41) is 0. The minimum Gasteiger partial charge on any atom is -0.493 e. The Morgan fingerprint density at radius 2 is 1.64 bits per heavy atom. The van der Waals surface area contributed by atoms with Gasteiger partial charge in [0.2, 0.25) is 5.91 Å². The molecule has 0 unspecified atom stereocenters. The molecule has 3 aliphatic heterocycles. The maximum Gasteiger partial charge on any atom is 0.253 e. The van der Waals surface area contributed by atoms with Crippen LogP contribution < -0.4 is 9.64 Å². The summed E-state index contributed by atoms with van der Waals surface area (Å²) in [6, 6.07) is 20.2. The Labute approximate surface area is 248 Å². The van der Waals surface area contributed by atoms with Crippen LogP contribution in [0.1, 0.15) is 47.2 Å². The van der Waals surface area contributed by atoms with Gasteiger partial charge in [0.1, 0.15) is 5.75 Å². The van der Waals surface area contributed by atoms with Crippen molar-refractivity contribution in [2.24, 2.45) is 5.92 Å². The first-order valence-electron chi connectivity index (χ1n) is 15.4. The zero-order chi connectivity index (χ0) is 28.7. The molecular formula is C34H41N5O3. The quantitative estimate of drug-likeness (QED) is 0.381. The lowest BCUT2D eigenvalue weighted by atomic mass is 9.98. The van der Waals surface area contributed by atoms with Gasteiger partial charge >= 0.3 is 0 Å². The predicted molar refractivity (Wildman–Crippen MR) is 163 cm³/mol. The molecule has 8 heteroatoms. The standard InChI is InChI=1S/C34H41N5O3/c40-33-9-4-16-39(33)31-8-1-7-30(21-31)34(41)38-15-3-6-29(25-38)26-42-32-12-10-27(11-13-32)23-36-17-19-37(20-18-36)24-28-5-2-14-35-22-28/h1-2,5,7-8,10-14,21-22,29H,3-4,6,9,15-20,23-26H2/t29-/m1/s1. The van der Waals surface area contributed by atoms with Gasteiger partial charge < -0.3 is 14.5 Å². The number of pyridine rings is 1. The lowest BCUT2D eigenvalue weighted by molar-refractivity contribution is -0.117. The van der Waals surface area contributed by atoms with Crippen molar-refractivity contribution in [2.45, 2.75) is 38.8 Å². The third-order valence-electron chi connectivity index (χ3n) is 8.69. The second kappa shape index (κ2) is 13.5. The molecule has 0 N–H and O–H groups in total. The SMILES string of the molecule is O=C(c1cccc(N2CCCC2=O)c1)N1CCC[C@@H](COc2ccc(CN3CCN(Cc4cccnc4)CC3)cc2)C1. The molecule has 0 saturated carbocycles. The molecule has 1 atom stereocenters. The zero-order valence-corrected chi connectivity index (χ0v) is 24.4. The summed E-state index contributed by atoms with van der Waals surface area (Å²) in [5.74, 6) is 1.36. The number of nitrogens with zero attached hydrogens (tertiary/aromatic N) is 5. The highest BCUT2D eigenvalue weighted by Gasteiger charge is 2.27. The molecule has 1 aromatic heterocycles. The van der Waals surface area contributed by atoms with Crippen molar-refractivity contribution >= 4 is 17.5 Å². The molecule has 0 spiro atoms. The molecule has 2 amide bonds. The largest absolute Gasteiger partial charge is 0.493 e.